The molecule has 1 aromatic carbocycles. The van der Waals surface area contributed by atoms with E-state index < -0.39 is 0 Å². The monoisotopic (exact) mass is 334 g/mol. The zero-order chi connectivity index (χ0) is 17.3. The number of fused-ring (bicyclic) bond motifs is 1. The summed E-state index contributed by atoms with van der Waals surface area (Å²) in [4.78, 5) is 12.2. The Morgan fingerprint density at radius 1 is 1.33 bits per heavy atom. The van der Waals surface area contributed by atoms with Crippen LogP contribution in [-0.2, 0) is 0 Å². The summed E-state index contributed by atoms with van der Waals surface area (Å²) in [5, 5.41) is 16.0. The molecule has 1 heterocycles. The number of hydrogen-bond donors (Lipinski definition) is 3. The molecule has 2 aromatic rings. The first kappa shape index (κ1) is 16.8. The number of carbonyl (C=O) groups excluding carboxylic acids is 1. The van der Waals surface area contributed by atoms with Crippen molar-refractivity contribution in [3.63, 3.8) is 0 Å². The number of amides is 2. The highest BCUT2D eigenvalue weighted by molar-refractivity contribution is 5.82. The molecule has 1 aliphatic rings. The van der Waals surface area contributed by atoms with Gasteiger partial charge in [0.2, 0.25) is 0 Å². The fourth-order valence-corrected chi connectivity index (χ4v) is 3.33. The maximum absolute atomic E-state index is 13.4. The lowest BCUT2D eigenvalue weighted by molar-refractivity contribution is 0.117. The first-order chi connectivity index (χ1) is 11.4. The van der Waals surface area contributed by atoms with Gasteiger partial charge in [0.05, 0.1) is 12.1 Å². The molecule has 0 spiro atoms. The molecule has 1 saturated carbocycles. The molecular formula is C18H23FN2O3. The number of aliphatic hydroxyl groups is 1. The zero-order valence-corrected chi connectivity index (χ0v) is 13.9. The Balaban J connectivity index is 1.65. The van der Waals surface area contributed by atoms with Crippen LogP contribution in [0.25, 0.3) is 11.0 Å². The van der Waals surface area contributed by atoms with Crippen LogP contribution in [0.4, 0.5) is 9.18 Å². The fraction of sp³-hybridized carbons (Fsp3) is 0.500. The highest BCUT2D eigenvalue weighted by Crippen LogP contribution is 2.30. The van der Waals surface area contributed by atoms with E-state index >= 15 is 0 Å². The van der Waals surface area contributed by atoms with E-state index in [-0.39, 0.29) is 30.0 Å². The summed E-state index contributed by atoms with van der Waals surface area (Å²) < 4.78 is 19.2. The SMILES string of the molecule is Cc1c(C(C)NC(=O)NC2CCC(O)CC2)oc2ccc(F)cc12. The third-order valence-electron chi connectivity index (χ3n) is 4.71. The number of halogens is 1. The second-order valence-electron chi connectivity index (χ2n) is 6.58. The first-order valence-corrected chi connectivity index (χ1v) is 8.37. The lowest BCUT2D eigenvalue weighted by Crippen LogP contribution is -2.44. The van der Waals surface area contributed by atoms with Crippen LogP contribution >= 0.6 is 0 Å². The highest BCUT2D eigenvalue weighted by atomic mass is 19.1. The number of carbonyl (C=O) groups is 1. The van der Waals surface area contributed by atoms with Gasteiger partial charge >= 0.3 is 6.03 Å². The summed E-state index contributed by atoms with van der Waals surface area (Å²) in [6.07, 6.45) is 2.75. The van der Waals surface area contributed by atoms with Crippen molar-refractivity contribution >= 4 is 17.0 Å². The van der Waals surface area contributed by atoms with Crippen LogP contribution in [0, 0.1) is 12.7 Å². The van der Waals surface area contributed by atoms with Crippen molar-refractivity contribution in [2.75, 3.05) is 0 Å². The maximum Gasteiger partial charge on any atom is 0.315 e. The summed E-state index contributed by atoms with van der Waals surface area (Å²) in [7, 11) is 0. The van der Waals surface area contributed by atoms with E-state index in [1.165, 1.54) is 12.1 Å². The van der Waals surface area contributed by atoms with Gasteiger partial charge in [-0.3, -0.25) is 0 Å². The third-order valence-corrected chi connectivity index (χ3v) is 4.71. The van der Waals surface area contributed by atoms with Crippen molar-refractivity contribution in [3.8, 4) is 0 Å². The van der Waals surface area contributed by atoms with Crippen LogP contribution in [0.1, 0.15) is 50.0 Å². The number of urea groups is 1. The van der Waals surface area contributed by atoms with E-state index in [2.05, 4.69) is 10.6 Å². The Hall–Kier alpha value is -2.08. The Morgan fingerprint density at radius 3 is 2.75 bits per heavy atom. The quantitative estimate of drug-likeness (QED) is 0.804. The molecule has 1 aliphatic carbocycles. The molecule has 0 radical (unpaired) electrons. The largest absolute Gasteiger partial charge is 0.459 e. The molecule has 5 nitrogen and oxygen atoms in total. The van der Waals surface area contributed by atoms with E-state index in [1.54, 1.807) is 6.07 Å². The van der Waals surface area contributed by atoms with Crippen LogP contribution in [0.3, 0.4) is 0 Å². The van der Waals surface area contributed by atoms with Gasteiger partial charge in [-0.2, -0.15) is 0 Å². The molecule has 0 bridgehead atoms. The van der Waals surface area contributed by atoms with Crippen LogP contribution in [-0.4, -0.2) is 23.3 Å². The number of rotatable bonds is 3. The minimum Gasteiger partial charge on any atom is -0.459 e. The average molecular weight is 334 g/mol. The summed E-state index contributed by atoms with van der Waals surface area (Å²) in [5.74, 6) is 0.320. The molecule has 1 fully saturated rings. The molecule has 1 unspecified atom stereocenters. The predicted octanol–water partition coefficient (Wildman–Crippen LogP) is 3.54. The maximum atomic E-state index is 13.4. The van der Waals surface area contributed by atoms with E-state index in [0.717, 1.165) is 36.6 Å². The van der Waals surface area contributed by atoms with Gasteiger partial charge in [0, 0.05) is 17.0 Å². The van der Waals surface area contributed by atoms with Crippen molar-refractivity contribution in [2.45, 2.75) is 57.7 Å². The Labute approximate surface area is 140 Å². The van der Waals surface area contributed by atoms with Gasteiger partial charge in [-0.1, -0.05) is 0 Å². The molecule has 0 saturated heterocycles. The third kappa shape index (κ3) is 3.53. The zero-order valence-electron chi connectivity index (χ0n) is 13.9. The normalized spacial score (nSPS) is 22.3. The molecular weight excluding hydrogens is 311 g/mol. The number of furan rings is 1. The molecule has 0 aliphatic heterocycles. The standard InChI is InChI=1S/C18H23FN2O3/c1-10-15-9-12(19)3-8-16(15)24-17(10)11(2)20-18(23)21-13-4-6-14(22)7-5-13/h3,8-9,11,13-14,22H,4-7H2,1-2H3,(H2,20,21,23). The first-order valence-electron chi connectivity index (χ1n) is 8.37. The number of aliphatic hydroxyl groups excluding tert-OH is 1. The van der Waals surface area contributed by atoms with E-state index in [4.69, 9.17) is 4.42 Å². The number of aryl methyl sites for hydroxylation is 1. The molecule has 3 rings (SSSR count). The molecule has 1 atom stereocenters. The van der Waals surface area contributed by atoms with Crippen molar-refractivity contribution in [1.82, 2.24) is 10.6 Å². The minimum atomic E-state index is -0.324. The lowest BCUT2D eigenvalue weighted by Gasteiger charge is -2.26. The fourth-order valence-electron chi connectivity index (χ4n) is 3.33. The van der Waals surface area contributed by atoms with Crippen LogP contribution < -0.4 is 10.6 Å². The summed E-state index contributed by atoms with van der Waals surface area (Å²) in [6, 6.07) is 3.91. The number of hydrogen-bond acceptors (Lipinski definition) is 3. The Morgan fingerprint density at radius 2 is 2.04 bits per heavy atom. The van der Waals surface area contributed by atoms with Crippen molar-refractivity contribution < 1.29 is 18.7 Å². The lowest BCUT2D eigenvalue weighted by atomic mass is 9.93. The van der Waals surface area contributed by atoms with Gasteiger partial charge in [-0.15, -0.1) is 0 Å². The summed E-state index contributed by atoms with van der Waals surface area (Å²) >= 11 is 0. The van der Waals surface area contributed by atoms with Gasteiger partial charge in [0.25, 0.3) is 0 Å². The van der Waals surface area contributed by atoms with E-state index in [1.807, 2.05) is 13.8 Å². The summed E-state index contributed by atoms with van der Waals surface area (Å²) in [5.41, 5.74) is 1.44. The van der Waals surface area contributed by atoms with Crippen LogP contribution in [0.15, 0.2) is 22.6 Å². The highest BCUT2D eigenvalue weighted by Gasteiger charge is 2.23. The van der Waals surface area contributed by atoms with Gasteiger partial charge in [-0.05, 0) is 57.7 Å². The molecule has 24 heavy (non-hydrogen) atoms. The molecule has 6 heteroatoms. The number of nitrogens with one attached hydrogen (secondary N) is 2. The minimum absolute atomic E-state index is 0.0893. The smallest absolute Gasteiger partial charge is 0.315 e. The Bertz CT molecular complexity index is 735. The van der Waals surface area contributed by atoms with Crippen LogP contribution in [0.5, 0.6) is 0 Å². The van der Waals surface area contributed by atoms with Crippen molar-refractivity contribution in [2.24, 2.45) is 0 Å². The second kappa shape index (κ2) is 6.81. The number of benzene rings is 1. The summed E-state index contributed by atoms with van der Waals surface area (Å²) in [6.45, 7) is 3.70. The molecule has 3 N–H and O–H groups in total. The van der Waals surface area contributed by atoms with Gasteiger partial charge in [0.15, 0.2) is 0 Å². The van der Waals surface area contributed by atoms with Crippen molar-refractivity contribution in [1.29, 1.82) is 0 Å². The van der Waals surface area contributed by atoms with Crippen molar-refractivity contribution in [3.05, 3.63) is 35.3 Å². The molecule has 2 amide bonds. The topological polar surface area (TPSA) is 74.5 Å². The molecule has 130 valence electrons. The van der Waals surface area contributed by atoms with Gasteiger partial charge in [0.1, 0.15) is 17.2 Å². The van der Waals surface area contributed by atoms with E-state index in [0.29, 0.717) is 11.3 Å². The van der Waals surface area contributed by atoms with Gasteiger partial charge in [-0.25, -0.2) is 9.18 Å². The van der Waals surface area contributed by atoms with E-state index in [9.17, 15) is 14.3 Å². The second-order valence-corrected chi connectivity index (χ2v) is 6.58. The molecule has 1 aromatic heterocycles. The average Bonchev–Trinajstić information content (AvgIpc) is 2.86. The van der Waals surface area contributed by atoms with Gasteiger partial charge < -0.3 is 20.2 Å². The Kier molecular flexibility index (Phi) is 4.76. The predicted molar refractivity (Wildman–Crippen MR) is 89.3 cm³/mol. The van der Waals surface area contributed by atoms with Crippen LogP contribution in [0.2, 0.25) is 0 Å².